The molecule has 150 valence electrons. The fraction of sp³-hybridized carbons (Fsp3) is 0.952. The van der Waals surface area contributed by atoms with Gasteiger partial charge in [0.2, 0.25) is 5.91 Å². The first-order valence-electron chi connectivity index (χ1n) is 11.0. The summed E-state index contributed by atoms with van der Waals surface area (Å²) in [6.07, 6.45) is 11.5. The Balaban J connectivity index is 1.56. The van der Waals surface area contributed by atoms with Gasteiger partial charge in [0.15, 0.2) is 0 Å². The molecular weight excluding hydrogens is 326 g/mol. The minimum Gasteiger partial charge on any atom is -0.379 e. The molecule has 3 rings (SSSR count). The van der Waals surface area contributed by atoms with Crippen LogP contribution in [0.25, 0.3) is 0 Å². The fourth-order valence-electron chi connectivity index (χ4n) is 5.31. The van der Waals surface area contributed by atoms with Crippen molar-refractivity contribution in [2.24, 2.45) is 0 Å². The molecule has 1 aliphatic heterocycles. The highest BCUT2D eigenvalue weighted by Gasteiger charge is 2.39. The van der Waals surface area contributed by atoms with Crippen LogP contribution in [0, 0.1) is 0 Å². The van der Waals surface area contributed by atoms with Crippen molar-refractivity contribution in [1.82, 2.24) is 15.1 Å². The minimum absolute atomic E-state index is 0.160. The summed E-state index contributed by atoms with van der Waals surface area (Å²) in [5.41, 5.74) is 0.160. The average Bonchev–Trinajstić information content (AvgIpc) is 3.20. The van der Waals surface area contributed by atoms with Crippen LogP contribution in [-0.2, 0) is 9.53 Å². The first-order chi connectivity index (χ1) is 12.6. The van der Waals surface area contributed by atoms with Crippen LogP contribution < -0.4 is 5.32 Å². The largest absolute Gasteiger partial charge is 0.379 e. The number of hydrogen-bond donors (Lipinski definition) is 1. The van der Waals surface area contributed by atoms with Gasteiger partial charge < -0.3 is 10.1 Å². The van der Waals surface area contributed by atoms with Gasteiger partial charge in [-0.1, -0.05) is 32.1 Å². The van der Waals surface area contributed by atoms with Crippen LogP contribution in [0.4, 0.5) is 0 Å². The number of ether oxygens (including phenoxy) is 1. The Morgan fingerprint density at radius 3 is 2.38 bits per heavy atom. The second-order valence-electron chi connectivity index (χ2n) is 8.87. The molecule has 0 aromatic rings. The SMILES string of the molecule is CC(C)N(CC(=O)NCC1(N2CCOCC2)CCCCC1)C1CCCC1. The van der Waals surface area contributed by atoms with Gasteiger partial charge in [0.25, 0.3) is 0 Å². The zero-order chi connectivity index (χ0) is 18.4. The molecule has 0 aromatic carbocycles. The Kier molecular flexibility index (Phi) is 7.35. The summed E-state index contributed by atoms with van der Waals surface area (Å²) >= 11 is 0. The molecule has 0 spiro atoms. The lowest BCUT2D eigenvalue weighted by Crippen LogP contribution is -2.60. The highest BCUT2D eigenvalue weighted by atomic mass is 16.5. The summed E-state index contributed by atoms with van der Waals surface area (Å²) in [6, 6.07) is 1.04. The summed E-state index contributed by atoms with van der Waals surface area (Å²) in [7, 11) is 0. The maximum atomic E-state index is 12.8. The van der Waals surface area contributed by atoms with E-state index in [4.69, 9.17) is 4.74 Å². The number of carbonyl (C=O) groups excluding carboxylic acids is 1. The number of amides is 1. The van der Waals surface area contributed by atoms with Gasteiger partial charge in [0, 0.05) is 37.3 Å². The third-order valence-electron chi connectivity index (χ3n) is 6.86. The van der Waals surface area contributed by atoms with E-state index < -0.39 is 0 Å². The van der Waals surface area contributed by atoms with E-state index in [-0.39, 0.29) is 11.4 Å². The maximum absolute atomic E-state index is 12.8. The summed E-state index contributed by atoms with van der Waals surface area (Å²) in [6.45, 7) is 9.50. The normalized spacial score (nSPS) is 25.1. The number of nitrogens with one attached hydrogen (secondary N) is 1. The smallest absolute Gasteiger partial charge is 0.234 e. The Bertz CT molecular complexity index is 437. The number of nitrogens with zero attached hydrogens (tertiary/aromatic N) is 2. The van der Waals surface area contributed by atoms with Crippen LogP contribution in [0.2, 0.25) is 0 Å². The number of carbonyl (C=O) groups is 1. The number of morpholine rings is 1. The van der Waals surface area contributed by atoms with Crippen molar-refractivity contribution in [1.29, 1.82) is 0 Å². The second-order valence-corrected chi connectivity index (χ2v) is 8.87. The lowest BCUT2D eigenvalue weighted by molar-refractivity contribution is -0.124. The first-order valence-corrected chi connectivity index (χ1v) is 11.0. The molecule has 3 aliphatic rings. The molecule has 5 heteroatoms. The van der Waals surface area contributed by atoms with E-state index in [2.05, 4.69) is 29.0 Å². The molecule has 0 atom stereocenters. The highest BCUT2D eigenvalue weighted by Crippen LogP contribution is 2.34. The zero-order valence-electron chi connectivity index (χ0n) is 17.0. The van der Waals surface area contributed by atoms with E-state index in [9.17, 15) is 4.79 Å². The minimum atomic E-state index is 0.160. The second kappa shape index (κ2) is 9.52. The molecule has 1 amide bonds. The highest BCUT2D eigenvalue weighted by molar-refractivity contribution is 5.78. The summed E-state index contributed by atoms with van der Waals surface area (Å²) in [4.78, 5) is 17.8. The summed E-state index contributed by atoms with van der Waals surface area (Å²) < 4.78 is 5.56. The van der Waals surface area contributed by atoms with Crippen LogP contribution in [0.15, 0.2) is 0 Å². The molecule has 1 heterocycles. The van der Waals surface area contributed by atoms with E-state index in [1.165, 1.54) is 57.8 Å². The van der Waals surface area contributed by atoms with Gasteiger partial charge in [0.1, 0.15) is 0 Å². The van der Waals surface area contributed by atoms with Gasteiger partial charge in [-0.05, 0) is 39.5 Å². The molecule has 0 aromatic heterocycles. The van der Waals surface area contributed by atoms with Crippen LogP contribution in [0.3, 0.4) is 0 Å². The third-order valence-corrected chi connectivity index (χ3v) is 6.86. The van der Waals surface area contributed by atoms with E-state index in [0.29, 0.717) is 18.6 Å². The van der Waals surface area contributed by atoms with Crippen LogP contribution in [-0.4, -0.2) is 72.7 Å². The summed E-state index contributed by atoms with van der Waals surface area (Å²) in [5, 5.41) is 3.34. The van der Waals surface area contributed by atoms with E-state index in [1.54, 1.807) is 0 Å². The summed E-state index contributed by atoms with van der Waals surface area (Å²) in [5.74, 6) is 0.212. The van der Waals surface area contributed by atoms with Crippen molar-refractivity contribution in [3.8, 4) is 0 Å². The monoisotopic (exact) mass is 365 g/mol. The number of rotatable bonds is 7. The van der Waals surface area contributed by atoms with Crippen LogP contribution >= 0.6 is 0 Å². The molecule has 2 saturated carbocycles. The fourth-order valence-corrected chi connectivity index (χ4v) is 5.31. The van der Waals surface area contributed by atoms with Gasteiger partial charge in [0.05, 0.1) is 19.8 Å². The van der Waals surface area contributed by atoms with Crippen molar-refractivity contribution in [3.05, 3.63) is 0 Å². The predicted octanol–water partition coefficient (Wildman–Crippen LogP) is 2.79. The molecule has 2 aliphatic carbocycles. The van der Waals surface area contributed by atoms with E-state index in [1.807, 2.05) is 0 Å². The Morgan fingerprint density at radius 2 is 1.77 bits per heavy atom. The Morgan fingerprint density at radius 1 is 1.12 bits per heavy atom. The van der Waals surface area contributed by atoms with Gasteiger partial charge in [-0.3, -0.25) is 14.6 Å². The predicted molar refractivity (Wildman–Crippen MR) is 105 cm³/mol. The average molecular weight is 366 g/mol. The molecule has 5 nitrogen and oxygen atoms in total. The number of hydrogen-bond acceptors (Lipinski definition) is 4. The van der Waals surface area contributed by atoms with Crippen molar-refractivity contribution in [3.63, 3.8) is 0 Å². The van der Waals surface area contributed by atoms with Gasteiger partial charge in [-0.25, -0.2) is 0 Å². The van der Waals surface area contributed by atoms with Gasteiger partial charge in [-0.2, -0.15) is 0 Å². The Hall–Kier alpha value is -0.650. The zero-order valence-corrected chi connectivity index (χ0v) is 17.0. The van der Waals surface area contributed by atoms with Crippen molar-refractivity contribution >= 4 is 5.91 Å². The molecule has 0 bridgehead atoms. The lowest BCUT2D eigenvalue weighted by Gasteiger charge is -2.48. The van der Waals surface area contributed by atoms with Gasteiger partial charge >= 0.3 is 0 Å². The molecular formula is C21H39N3O2. The van der Waals surface area contributed by atoms with Crippen molar-refractivity contribution in [2.45, 2.75) is 89.3 Å². The standard InChI is InChI=1S/C21H39N3O2/c1-18(2)24(19-8-4-5-9-19)16-20(25)22-17-21(10-6-3-7-11-21)23-12-14-26-15-13-23/h18-19H,3-17H2,1-2H3,(H,22,25). The quantitative estimate of drug-likeness (QED) is 0.753. The van der Waals surface area contributed by atoms with Crippen LogP contribution in [0.1, 0.15) is 71.6 Å². The van der Waals surface area contributed by atoms with Crippen molar-refractivity contribution < 1.29 is 9.53 Å². The Labute approximate surface area is 159 Å². The molecule has 3 fully saturated rings. The maximum Gasteiger partial charge on any atom is 0.234 e. The molecule has 1 saturated heterocycles. The van der Waals surface area contributed by atoms with Crippen molar-refractivity contribution in [2.75, 3.05) is 39.4 Å². The van der Waals surface area contributed by atoms with Gasteiger partial charge in [-0.15, -0.1) is 0 Å². The lowest BCUT2D eigenvalue weighted by atomic mass is 9.79. The molecule has 26 heavy (non-hydrogen) atoms. The first kappa shape index (κ1) is 20.1. The van der Waals surface area contributed by atoms with Crippen LogP contribution in [0.5, 0.6) is 0 Å². The van der Waals surface area contributed by atoms with E-state index in [0.717, 1.165) is 32.8 Å². The third kappa shape index (κ3) is 4.99. The topological polar surface area (TPSA) is 44.8 Å². The molecule has 0 unspecified atom stereocenters. The van der Waals surface area contributed by atoms with E-state index >= 15 is 0 Å². The molecule has 0 radical (unpaired) electrons. The molecule has 1 N–H and O–H groups in total.